The Morgan fingerprint density at radius 2 is 1.56 bits per heavy atom. The number of methoxy groups -OCH3 is 3. The molecule has 0 fully saturated rings. The molecule has 140 valence electrons. The van der Waals surface area contributed by atoms with Crippen LogP contribution in [0.15, 0.2) is 53.1 Å². The van der Waals surface area contributed by atoms with Crippen molar-refractivity contribution < 1.29 is 23.5 Å². The van der Waals surface area contributed by atoms with E-state index in [0.717, 1.165) is 11.3 Å². The molecule has 7 nitrogen and oxygen atoms in total. The summed E-state index contributed by atoms with van der Waals surface area (Å²) in [6.45, 7) is 0.234. The van der Waals surface area contributed by atoms with Crippen LogP contribution in [0.5, 0.6) is 17.2 Å². The summed E-state index contributed by atoms with van der Waals surface area (Å²) in [6, 6.07) is 14.2. The SMILES string of the molecule is COc1ccc(-c2cc(CNC(=O)c3cc(OC)cc(OC)c3)no2)cc1. The number of ether oxygens (including phenoxy) is 3. The fraction of sp³-hybridized carbons (Fsp3) is 0.200. The lowest BCUT2D eigenvalue weighted by Gasteiger charge is -2.08. The van der Waals surface area contributed by atoms with Gasteiger partial charge in [-0.15, -0.1) is 0 Å². The second kappa shape index (κ2) is 8.27. The first-order valence-electron chi connectivity index (χ1n) is 8.24. The van der Waals surface area contributed by atoms with Crippen molar-refractivity contribution in [2.75, 3.05) is 21.3 Å². The fourth-order valence-electron chi connectivity index (χ4n) is 2.50. The van der Waals surface area contributed by atoms with Crippen LogP contribution >= 0.6 is 0 Å². The van der Waals surface area contributed by atoms with Gasteiger partial charge in [-0.2, -0.15) is 0 Å². The first-order valence-corrected chi connectivity index (χ1v) is 8.24. The summed E-state index contributed by atoms with van der Waals surface area (Å²) in [7, 11) is 4.68. The van der Waals surface area contributed by atoms with E-state index >= 15 is 0 Å². The molecule has 0 atom stereocenters. The Kier molecular flexibility index (Phi) is 5.61. The van der Waals surface area contributed by atoms with Crippen LogP contribution in [0.3, 0.4) is 0 Å². The predicted octanol–water partition coefficient (Wildman–Crippen LogP) is 3.30. The van der Waals surface area contributed by atoms with Gasteiger partial charge in [-0.25, -0.2) is 0 Å². The first-order chi connectivity index (χ1) is 13.1. The van der Waals surface area contributed by atoms with E-state index in [1.807, 2.05) is 24.3 Å². The van der Waals surface area contributed by atoms with Crippen LogP contribution in [0, 0.1) is 0 Å². The Labute approximate surface area is 156 Å². The maximum Gasteiger partial charge on any atom is 0.251 e. The second-order valence-corrected chi connectivity index (χ2v) is 5.70. The van der Waals surface area contributed by atoms with Crippen molar-refractivity contribution >= 4 is 5.91 Å². The number of hydrogen-bond acceptors (Lipinski definition) is 6. The van der Waals surface area contributed by atoms with Crippen LogP contribution in [0.25, 0.3) is 11.3 Å². The van der Waals surface area contributed by atoms with Crippen LogP contribution in [0.2, 0.25) is 0 Å². The van der Waals surface area contributed by atoms with E-state index in [1.165, 1.54) is 14.2 Å². The van der Waals surface area contributed by atoms with E-state index in [0.29, 0.717) is 28.5 Å². The van der Waals surface area contributed by atoms with Crippen molar-refractivity contribution in [2.45, 2.75) is 6.54 Å². The monoisotopic (exact) mass is 368 g/mol. The lowest BCUT2D eigenvalue weighted by molar-refractivity contribution is 0.0949. The van der Waals surface area contributed by atoms with Crippen LogP contribution in [0.4, 0.5) is 0 Å². The number of benzene rings is 2. The second-order valence-electron chi connectivity index (χ2n) is 5.70. The van der Waals surface area contributed by atoms with Crippen LogP contribution in [-0.2, 0) is 6.54 Å². The van der Waals surface area contributed by atoms with E-state index in [2.05, 4.69) is 10.5 Å². The van der Waals surface area contributed by atoms with E-state index in [9.17, 15) is 4.79 Å². The van der Waals surface area contributed by atoms with Gasteiger partial charge in [-0.1, -0.05) is 5.16 Å². The highest BCUT2D eigenvalue weighted by Crippen LogP contribution is 2.24. The van der Waals surface area contributed by atoms with Gasteiger partial charge in [-0.05, 0) is 36.4 Å². The minimum atomic E-state index is -0.263. The van der Waals surface area contributed by atoms with Gasteiger partial charge in [0, 0.05) is 23.3 Å². The minimum absolute atomic E-state index is 0.234. The fourth-order valence-corrected chi connectivity index (χ4v) is 2.50. The Bertz CT molecular complexity index is 896. The van der Waals surface area contributed by atoms with Gasteiger partial charge in [0.1, 0.15) is 22.9 Å². The molecule has 0 spiro atoms. The number of amides is 1. The molecule has 0 saturated carbocycles. The van der Waals surface area contributed by atoms with E-state index in [4.69, 9.17) is 18.7 Å². The van der Waals surface area contributed by atoms with E-state index in [-0.39, 0.29) is 12.5 Å². The number of hydrogen-bond donors (Lipinski definition) is 1. The first kappa shape index (κ1) is 18.3. The van der Waals surface area contributed by atoms with Gasteiger partial charge < -0.3 is 24.1 Å². The molecular weight excluding hydrogens is 348 g/mol. The zero-order valence-electron chi connectivity index (χ0n) is 15.3. The normalized spacial score (nSPS) is 10.3. The summed E-state index contributed by atoms with van der Waals surface area (Å²) < 4.78 is 20.9. The number of carbonyl (C=O) groups excluding carboxylic acids is 1. The predicted molar refractivity (Wildman–Crippen MR) is 99.2 cm³/mol. The Hall–Kier alpha value is -3.48. The standard InChI is InChI=1S/C20H20N2O5/c1-24-16-6-4-13(5-7-16)19-10-15(22-27-19)12-21-20(23)14-8-17(25-2)11-18(9-14)26-3/h4-11H,12H2,1-3H3,(H,21,23). The highest BCUT2D eigenvalue weighted by Gasteiger charge is 2.12. The van der Waals surface area contributed by atoms with Gasteiger partial charge in [-0.3, -0.25) is 4.79 Å². The maximum absolute atomic E-state index is 12.4. The van der Waals surface area contributed by atoms with Gasteiger partial charge in [0.05, 0.1) is 27.9 Å². The molecule has 0 aliphatic carbocycles. The van der Waals surface area contributed by atoms with E-state index < -0.39 is 0 Å². The molecule has 0 saturated heterocycles. The third kappa shape index (κ3) is 4.38. The molecule has 1 aromatic heterocycles. The number of aromatic nitrogens is 1. The van der Waals surface area contributed by atoms with Crippen molar-refractivity contribution in [2.24, 2.45) is 0 Å². The molecule has 0 unspecified atom stereocenters. The summed E-state index contributed by atoms with van der Waals surface area (Å²) in [5.74, 6) is 2.20. The van der Waals surface area contributed by atoms with Crippen molar-refractivity contribution in [3.05, 3.63) is 59.8 Å². The number of carbonyl (C=O) groups is 1. The summed E-state index contributed by atoms with van der Waals surface area (Å²) >= 11 is 0. The molecule has 0 aliphatic heterocycles. The molecule has 3 aromatic rings. The molecule has 0 bridgehead atoms. The van der Waals surface area contributed by atoms with Gasteiger partial charge in [0.2, 0.25) is 0 Å². The molecule has 2 aromatic carbocycles. The third-order valence-corrected chi connectivity index (χ3v) is 3.98. The zero-order valence-corrected chi connectivity index (χ0v) is 15.3. The van der Waals surface area contributed by atoms with Crippen molar-refractivity contribution in [1.29, 1.82) is 0 Å². The number of nitrogens with one attached hydrogen (secondary N) is 1. The lowest BCUT2D eigenvalue weighted by Crippen LogP contribution is -2.23. The maximum atomic E-state index is 12.4. The molecule has 3 rings (SSSR count). The smallest absolute Gasteiger partial charge is 0.251 e. The van der Waals surface area contributed by atoms with E-state index in [1.54, 1.807) is 31.4 Å². The minimum Gasteiger partial charge on any atom is -0.497 e. The highest BCUT2D eigenvalue weighted by molar-refractivity contribution is 5.95. The molecule has 0 radical (unpaired) electrons. The van der Waals surface area contributed by atoms with Crippen molar-refractivity contribution in [3.8, 4) is 28.6 Å². The average molecular weight is 368 g/mol. The quantitative estimate of drug-likeness (QED) is 0.689. The molecule has 1 heterocycles. The summed E-state index contributed by atoms with van der Waals surface area (Å²) in [5.41, 5.74) is 1.92. The average Bonchev–Trinajstić information content (AvgIpc) is 3.20. The van der Waals surface area contributed by atoms with Crippen LogP contribution in [0.1, 0.15) is 16.1 Å². The largest absolute Gasteiger partial charge is 0.497 e. The lowest BCUT2D eigenvalue weighted by atomic mass is 10.1. The Morgan fingerprint density at radius 3 is 2.15 bits per heavy atom. The summed E-state index contributed by atoms with van der Waals surface area (Å²) in [4.78, 5) is 12.4. The molecule has 7 heteroatoms. The van der Waals surface area contributed by atoms with Gasteiger partial charge in [0.25, 0.3) is 5.91 Å². The zero-order chi connectivity index (χ0) is 19.2. The topological polar surface area (TPSA) is 82.8 Å². The summed E-state index contributed by atoms with van der Waals surface area (Å²) in [5, 5.41) is 6.81. The summed E-state index contributed by atoms with van der Waals surface area (Å²) in [6.07, 6.45) is 0. The number of nitrogens with zero attached hydrogens (tertiary/aromatic N) is 1. The number of rotatable bonds is 7. The van der Waals surface area contributed by atoms with Gasteiger partial charge >= 0.3 is 0 Å². The van der Waals surface area contributed by atoms with Crippen molar-refractivity contribution in [3.63, 3.8) is 0 Å². The van der Waals surface area contributed by atoms with Crippen molar-refractivity contribution in [1.82, 2.24) is 10.5 Å². The van der Waals surface area contributed by atoms with Crippen LogP contribution in [-0.4, -0.2) is 32.4 Å². The van der Waals surface area contributed by atoms with Crippen LogP contribution < -0.4 is 19.5 Å². The molecule has 27 heavy (non-hydrogen) atoms. The third-order valence-electron chi connectivity index (χ3n) is 3.98. The Morgan fingerprint density at radius 1 is 0.926 bits per heavy atom. The Balaban J connectivity index is 1.66. The molecule has 1 N–H and O–H groups in total. The molecular formula is C20H20N2O5. The van der Waals surface area contributed by atoms with Gasteiger partial charge in [0.15, 0.2) is 5.76 Å². The molecule has 1 amide bonds. The molecule has 0 aliphatic rings. The highest BCUT2D eigenvalue weighted by atomic mass is 16.5.